The van der Waals surface area contributed by atoms with E-state index in [9.17, 15) is 4.79 Å². The highest BCUT2D eigenvalue weighted by Crippen LogP contribution is 2.35. The lowest BCUT2D eigenvalue weighted by Crippen LogP contribution is -2.15. The third-order valence-electron chi connectivity index (χ3n) is 6.26. The smallest absolute Gasteiger partial charge is 0.255 e. The Hall–Kier alpha value is -4.06. The normalized spacial score (nSPS) is 12.5. The summed E-state index contributed by atoms with van der Waals surface area (Å²) in [6.45, 7) is 3.69. The van der Waals surface area contributed by atoms with Crippen molar-refractivity contribution in [3.63, 3.8) is 0 Å². The van der Waals surface area contributed by atoms with Crippen molar-refractivity contribution in [2.75, 3.05) is 30.5 Å². The van der Waals surface area contributed by atoms with Crippen molar-refractivity contribution in [2.45, 2.75) is 26.2 Å². The summed E-state index contributed by atoms with van der Waals surface area (Å²) < 4.78 is 11.0. The Balaban J connectivity index is 1.28. The molecule has 4 aromatic rings. The number of hydrogen-bond acceptors (Lipinski definition) is 5. The average Bonchev–Trinajstić information content (AvgIpc) is 3.31. The summed E-state index contributed by atoms with van der Waals surface area (Å²) in [4.78, 5) is 19.9. The standard InChI is InChI=1S/C29H29N3O3/c1-3-4-17-35-25-13-8-23(9-14-25)30-29(33)20-5-10-24(11-6-20)32-16-15-22-18-21-7-12-26(34-2)19-27(21)31-28(22)32/h5-14,18-19H,3-4,15-17H2,1-2H3,(H,30,33). The van der Waals surface area contributed by atoms with Gasteiger partial charge in [-0.2, -0.15) is 0 Å². The van der Waals surface area contributed by atoms with Gasteiger partial charge in [-0.3, -0.25) is 4.79 Å². The Morgan fingerprint density at radius 1 is 1.00 bits per heavy atom. The molecule has 0 spiro atoms. The lowest BCUT2D eigenvalue weighted by Gasteiger charge is -2.19. The van der Waals surface area contributed by atoms with Crippen LogP contribution in [0.4, 0.5) is 17.2 Å². The van der Waals surface area contributed by atoms with E-state index in [1.807, 2.05) is 66.7 Å². The number of ether oxygens (including phenoxy) is 2. The van der Waals surface area contributed by atoms with Crippen molar-refractivity contribution in [1.29, 1.82) is 0 Å². The third-order valence-corrected chi connectivity index (χ3v) is 6.26. The van der Waals surface area contributed by atoms with Crippen LogP contribution in [0.1, 0.15) is 35.7 Å². The first kappa shape index (κ1) is 22.7. The van der Waals surface area contributed by atoms with Gasteiger partial charge in [0.25, 0.3) is 5.91 Å². The predicted molar refractivity (Wildman–Crippen MR) is 140 cm³/mol. The van der Waals surface area contributed by atoms with Gasteiger partial charge in [0.1, 0.15) is 17.3 Å². The quantitative estimate of drug-likeness (QED) is 0.305. The monoisotopic (exact) mass is 467 g/mol. The number of methoxy groups -OCH3 is 1. The van der Waals surface area contributed by atoms with Crippen LogP contribution in [0.25, 0.3) is 10.9 Å². The molecule has 0 radical (unpaired) electrons. The Kier molecular flexibility index (Phi) is 6.53. The van der Waals surface area contributed by atoms with Gasteiger partial charge in [0.15, 0.2) is 0 Å². The largest absolute Gasteiger partial charge is 0.497 e. The van der Waals surface area contributed by atoms with Gasteiger partial charge < -0.3 is 19.7 Å². The van der Waals surface area contributed by atoms with E-state index in [4.69, 9.17) is 14.5 Å². The maximum atomic E-state index is 12.8. The Labute approximate surface area is 205 Å². The predicted octanol–water partition coefficient (Wildman–Crippen LogP) is 6.37. The van der Waals surface area contributed by atoms with Crippen LogP contribution in [0.15, 0.2) is 72.8 Å². The van der Waals surface area contributed by atoms with Crippen LogP contribution in [0.5, 0.6) is 11.5 Å². The van der Waals surface area contributed by atoms with Crippen LogP contribution < -0.4 is 19.7 Å². The molecule has 0 aliphatic carbocycles. The first-order valence-electron chi connectivity index (χ1n) is 12.0. The summed E-state index contributed by atoms with van der Waals surface area (Å²) in [5.41, 5.74) is 4.50. The van der Waals surface area contributed by atoms with E-state index >= 15 is 0 Å². The molecule has 0 fully saturated rings. The van der Waals surface area contributed by atoms with E-state index in [1.54, 1.807) is 7.11 Å². The average molecular weight is 468 g/mol. The number of benzene rings is 3. The van der Waals surface area contributed by atoms with E-state index in [0.29, 0.717) is 12.2 Å². The van der Waals surface area contributed by atoms with Gasteiger partial charge in [-0.1, -0.05) is 13.3 Å². The van der Waals surface area contributed by atoms with Gasteiger partial charge in [-0.25, -0.2) is 4.98 Å². The maximum Gasteiger partial charge on any atom is 0.255 e. The maximum absolute atomic E-state index is 12.8. The highest BCUT2D eigenvalue weighted by Gasteiger charge is 2.23. The minimum absolute atomic E-state index is 0.144. The number of nitrogens with one attached hydrogen (secondary N) is 1. The molecule has 3 aromatic carbocycles. The molecule has 1 N–H and O–H groups in total. The van der Waals surface area contributed by atoms with E-state index in [-0.39, 0.29) is 5.91 Å². The van der Waals surface area contributed by atoms with Crippen molar-refractivity contribution in [2.24, 2.45) is 0 Å². The van der Waals surface area contributed by atoms with Gasteiger partial charge >= 0.3 is 0 Å². The van der Waals surface area contributed by atoms with Crippen molar-refractivity contribution >= 4 is 34.0 Å². The van der Waals surface area contributed by atoms with E-state index in [2.05, 4.69) is 23.2 Å². The molecular weight excluding hydrogens is 438 g/mol. The molecule has 0 bridgehead atoms. The topological polar surface area (TPSA) is 63.7 Å². The molecule has 2 heterocycles. The fourth-order valence-electron chi connectivity index (χ4n) is 4.28. The number of amides is 1. The van der Waals surface area contributed by atoms with Gasteiger partial charge in [0.2, 0.25) is 0 Å². The zero-order valence-corrected chi connectivity index (χ0v) is 20.1. The number of pyridine rings is 1. The van der Waals surface area contributed by atoms with Gasteiger partial charge in [0, 0.05) is 34.9 Å². The molecule has 6 nitrogen and oxygen atoms in total. The van der Waals surface area contributed by atoms with E-state index in [0.717, 1.165) is 65.4 Å². The molecule has 35 heavy (non-hydrogen) atoms. The zero-order valence-electron chi connectivity index (χ0n) is 20.1. The minimum atomic E-state index is -0.144. The van der Waals surface area contributed by atoms with Crippen LogP contribution in [0.2, 0.25) is 0 Å². The second-order valence-electron chi connectivity index (χ2n) is 8.66. The highest BCUT2D eigenvalue weighted by atomic mass is 16.5. The second kappa shape index (κ2) is 10.1. The zero-order chi connectivity index (χ0) is 24.2. The number of anilines is 3. The third kappa shape index (κ3) is 4.92. The van der Waals surface area contributed by atoms with Crippen LogP contribution >= 0.6 is 0 Å². The summed E-state index contributed by atoms with van der Waals surface area (Å²) in [6.07, 6.45) is 3.06. The van der Waals surface area contributed by atoms with Gasteiger partial charge in [-0.15, -0.1) is 0 Å². The van der Waals surface area contributed by atoms with Crippen LogP contribution in [0.3, 0.4) is 0 Å². The van der Waals surface area contributed by atoms with E-state index in [1.165, 1.54) is 5.56 Å². The first-order valence-corrected chi connectivity index (χ1v) is 12.0. The lowest BCUT2D eigenvalue weighted by molar-refractivity contribution is 0.102. The number of aromatic nitrogens is 1. The summed E-state index contributed by atoms with van der Waals surface area (Å²) in [7, 11) is 1.66. The number of nitrogens with zero attached hydrogens (tertiary/aromatic N) is 2. The Morgan fingerprint density at radius 3 is 2.51 bits per heavy atom. The van der Waals surface area contributed by atoms with Crippen LogP contribution in [-0.4, -0.2) is 31.2 Å². The number of fused-ring (bicyclic) bond motifs is 2. The summed E-state index contributed by atoms with van der Waals surface area (Å²) in [6, 6.07) is 23.3. The summed E-state index contributed by atoms with van der Waals surface area (Å²) in [5.74, 6) is 2.42. The lowest BCUT2D eigenvalue weighted by atomic mass is 10.1. The molecule has 1 aliphatic rings. The fraction of sp³-hybridized carbons (Fsp3) is 0.241. The molecule has 178 valence electrons. The number of carbonyl (C=O) groups excluding carboxylic acids is 1. The molecule has 1 aromatic heterocycles. The van der Waals surface area contributed by atoms with Gasteiger partial charge in [-0.05, 0) is 85.1 Å². The number of hydrogen-bond donors (Lipinski definition) is 1. The summed E-state index contributed by atoms with van der Waals surface area (Å²) >= 11 is 0. The van der Waals surface area contributed by atoms with Crippen molar-refractivity contribution in [3.05, 3.63) is 83.9 Å². The molecule has 0 atom stereocenters. The summed E-state index contributed by atoms with van der Waals surface area (Å²) in [5, 5.41) is 4.07. The number of carbonyl (C=O) groups is 1. The van der Waals surface area contributed by atoms with Gasteiger partial charge in [0.05, 0.1) is 19.2 Å². The molecule has 0 saturated carbocycles. The first-order chi connectivity index (χ1) is 17.1. The molecule has 6 heteroatoms. The number of unbranched alkanes of at least 4 members (excludes halogenated alkanes) is 1. The highest BCUT2D eigenvalue weighted by molar-refractivity contribution is 6.04. The fourth-order valence-corrected chi connectivity index (χ4v) is 4.28. The van der Waals surface area contributed by atoms with Crippen LogP contribution in [0, 0.1) is 0 Å². The number of rotatable bonds is 8. The van der Waals surface area contributed by atoms with Crippen LogP contribution in [-0.2, 0) is 6.42 Å². The molecule has 5 rings (SSSR count). The van der Waals surface area contributed by atoms with E-state index < -0.39 is 0 Å². The van der Waals surface area contributed by atoms with Crippen molar-refractivity contribution in [1.82, 2.24) is 4.98 Å². The second-order valence-corrected chi connectivity index (χ2v) is 8.66. The Bertz CT molecular complexity index is 1330. The molecular formula is C29H29N3O3. The minimum Gasteiger partial charge on any atom is -0.497 e. The SMILES string of the molecule is CCCCOc1ccc(NC(=O)c2ccc(N3CCc4cc5ccc(OC)cc5nc43)cc2)cc1. The molecule has 0 unspecified atom stereocenters. The molecule has 0 saturated heterocycles. The van der Waals surface area contributed by atoms with Crippen molar-refractivity contribution < 1.29 is 14.3 Å². The molecule has 1 amide bonds. The Morgan fingerprint density at radius 2 is 1.77 bits per heavy atom. The molecule has 1 aliphatic heterocycles. The van der Waals surface area contributed by atoms with Crippen molar-refractivity contribution in [3.8, 4) is 11.5 Å².